The topological polar surface area (TPSA) is 50.8 Å². The number of halogens is 1. The summed E-state index contributed by atoms with van der Waals surface area (Å²) in [6.07, 6.45) is 0.365. The molecule has 5 nitrogen and oxygen atoms in total. The molecule has 0 radical (unpaired) electrons. The molecular weight excluding hydrogens is 335 g/mol. The second kappa shape index (κ2) is 7.33. The molecule has 1 N–H and O–H groups in total. The van der Waals surface area contributed by atoms with Gasteiger partial charge in [-0.05, 0) is 42.8 Å². The number of benzene rings is 2. The predicted molar refractivity (Wildman–Crippen MR) is 94.3 cm³/mol. The van der Waals surface area contributed by atoms with Gasteiger partial charge >= 0.3 is 6.09 Å². The Hall–Kier alpha value is -2.60. The van der Waals surface area contributed by atoms with Gasteiger partial charge < -0.3 is 14.8 Å². The molecule has 0 unspecified atom stereocenters. The maximum Gasteiger partial charge on any atom is 0.410 e. The second-order valence-electron chi connectivity index (χ2n) is 6.64. The van der Waals surface area contributed by atoms with E-state index in [2.05, 4.69) is 5.32 Å². The Balaban J connectivity index is 1.40. The lowest BCUT2D eigenvalue weighted by Gasteiger charge is -2.21. The van der Waals surface area contributed by atoms with E-state index >= 15 is 0 Å². The summed E-state index contributed by atoms with van der Waals surface area (Å²) in [7, 11) is 0. The number of hydrogen-bond acceptors (Lipinski definition) is 4. The number of carbonyl (C=O) groups is 1. The van der Waals surface area contributed by atoms with E-state index in [0.717, 1.165) is 18.5 Å². The summed E-state index contributed by atoms with van der Waals surface area (Å²) >= 11 is 0. The molecule has 0 spiro atoms. The van der Waals surface area contributed by atoms with Crippen LogP contribution in [-0.4, -0.2) is 42.3 Å². The Morgan fingerprint density at radius 3 is 2.69 bits per heavy atom. The minimum atomic E-state index is -0.322. The second-order valence-corrected chi connectivity index (χ2v) is 6.64. The van der Waals surface area contributed by atoms with Crippen LogP contribution >= 0.6 is 0 Å². The van der Waals surface area contributed by atoms with Gasteiger partial charge in [0.1, 0.15) is 24.3 Å². The predicted octanol–water partition coefficient (Wildman–Crippen LogP) is 2.96. The summed E-state index contributed by atoms with van der Waals surface area (Å²) < 4.78 is 24.6. The molecule has 2 fully saturated rings. The average molecular weight is 356 g/mol. The van der Waals surface area contributed by atoms with Gasteiger partial charge in [0.25, 0.3) is 0 Å². The number of nitrogens with one attached hydrogen (secondary N) is 1. The Kier molecular flexibility index (Phi) is 4.75. The fourth-order valence-electron chi connectivity index (χ4n) is 3.70. The molecule has 2 aromatic rings. The van der Waals surface area contributed by atoms with Crippen molar-refractivity contribution < 1.29 is 18.7 Å². The molecule has 2 saturated heterocycles. The number of fused-ring (bicyclic) bond motifs is 1. The van der Waals surface area contributed by atoms with E-state index in [1.807, 2.05) is 30.3 Å². The quantitative estimate of drug-likeness (QED) is 0.915. The van der Waals surface area contributed by atoms with E-state index < -0.39 is 0 Å². The molecular formula is C20H21FN2O3. The minimum Gasteiger partial charge on any atom is -0.487 e. The Morgan fingerprint density at radius 2 is 1.92 bits per heavy atom. The van der Waals surface area contributed by atoms with E-state index in [0.29, 0.717) is 12.3 Å². The number of likely N-dealkylation sites (tertiary alicyclic amines) is 1. The van der Waals surface area contributed by atoms with Crippen molar-refractivity contribution in [3.05, 3.63) is 66.0 Å². The summed E-state index contributed by atoms with van der Waals surface area (Å²) in [4.78, 5) is 14.3. The van der Waals surface area contributed by atoms with Gasteiger partial charge in [-0.25, -0.2) is 9.18 Å². The van der Waals surface area contributed by atoms with E-state index in [1.54, 1.807) is 17.0 Å². The van der Waals surface area contributed by atoms with Crippen LogP contribution in [-0.2, 0) is 11.3 Å². The van der Waals surface area contributed by atoms with Gasteiger partial charge in [-0.1, -0.05) is 30.3 Å². The van der Waals surface area contributed by atoms with Crippen molar-refractivity contribution in [3.8, 4) is 5.75 Å². The highest BCUT2D eigenvalue weighted by atomic mass is 19.1. The fraction of sp³-hybridized carbons (Fsp3) is 0.350. The van der Waals surface area contributed by atoms with Crippen molar-refractivity contribution in [2.45, 2.75) is 31.2 Å². The van der Waals surface area contributed by atoms with Gasteiger partial charge in [-0.2, -0.15) is 0 Å². The van der Waals surface area contributed by atoms with Crippen molar-refractivity contribution in [2.75, 3.05) is 13.1 Å². The van der Waals surface area contributed by atoms with Gasteiger partial charge in [-0.15, -0.1) is 0 Å². The number of ether oxygens (including phenoxy) is 2. The Morgan fingerprint density at radius 1 is 1.15 bits per heavy atom. The van der Waals surface area contributed by atoms with Crippen LogP contribution in [0.25, 0.3) is 0 Å². The van der Waals surface area contributed by atoms with Crippen molar-refractivity contribution in [3.63, 3.8) is 0 Å². The van der Waals surface area contributed by atoms with Gasteiger partial charge in [0.05, 0.1) is 18.6 Å². The van der Waals surface area contributed by atoms with Crippen molar-refractivity contribution >= 4 is 6.09 Å². The lowest BCUT2D eigenvalue weighted by atomic mass is 10.1. The number of amides is 1. The number of nitrogens with zero attached hydrogens (tertiary/aromatic N) is 1. The molecule has 0 aliphatic carbocycles. The zero-order valence-corrected chi connectivity index (χ0v) is 14.3. The van der Waals surface area contributed by atoms with Crippen LogP contribution < -0.4 is 10.1 Å². The number of carbonyl (C=O) groups excluding carboxylic acids is 1. The molecule has 0 bridgehead atoms. The van der Waals surface area contributed by atoms with Crippen LogP contribution in [0.3, 0.4) is 0 Å². The van der Waals surface area contributed by atoms with Gasteiger partial charge in [0.15, 0.2) is 0 Å². The molecule has 3 atom stereocenters. The number of hydrogen-bond donors (Lipinski definition) is 1. The lowest BCUT2D eigenvalue weighted by Crippen LogP contribution is -2.41. The third-order valence-electron chi connectivity index (χ3n) is 4.95. The molecule has 136 valence electrons. The van der Waals surface area contributed by atoms with E-state index in [4.69, 9.17) is 9.47 Å². The summed E-state index contributed by atoms with van der Waals surface area (Å²) in [6, 6.07) is 15.7. The fourth-order valence-corrected chi connectivity index (χ4v) is 3.70. The van der Waals surface area contributed by atoms with Crippen molar-refractivity contribution in [1.82, 2.24) is 10.2 Å². The highest BCUT2D eigenvalue weighted by Crippen LogP contribution is 2.29. The van der Waals surface area contributed by atoms with Gasteiger partial charge in [0.2, 0.25) is 0 Å². The van der Waals surface area contributed by atoms with E-state index in [1.165, 1.54) is 12.1 Å². The maximum absolute atomic E-state index is 13.1. The zero-order chi connectivity index (χ0) is 17.9. The first-order valence-corrected chi connectivity index (χ1v) is 8.83. The highest BCUT2D eigenvalue weighted by molar-refractivity contribution is 5.69. The third-order valence-corrected chi connectivity index (χ3v) is 4.95. The standard InChI is InChI=1S/C20H21FN2O3/c21-15-6-8-16(9-7-15)26-18-12-23(17-10-11-22-19(17)18)20(24)25-13-14-4-2-1-3-5-14/h1-9,17-19,22H,10-13H2/t17-,18+,19+/m1/s1. The Bertz CT molecular complexity index is 753. The molecule has 0 aromatic heterocycles. The van der Waals surface area contributed by atoms with Crippen LogP contribution in [0.1, 0.15) is 12.0 Å². The van der Waals surface area contributed by atoms with Gasteiger partial charge in [0, 0.05) is 0 Å². The van der Waals surface area contributed by atoms with Crippen LogP contribution in [0.4, 0.5) is 9.18 Å². The first kappa shape index (κ1) is 16.8. The third kappa shape index (κ3) is 3.51. The van der Waals surface area contributed by atoms with Crippen molar-refractivity contribution in [2.24, 2.45) is 0 Å². The summed E-state index contributed by atoms with van der Waals surface area (Å²) in [5.74, 6) is 0.301. The van der Waals surface area contributed by atoms with Crippen LogP contribution in [0.2, 0.25) is 0 Å². The molecule has 2 aliphatic heterocycles. The molecule has 0 saturated carbocycles. The monoisotopic (exact) mass is 356 g/mol. The largest absolute Gasteiger partial charge is 0.487 e. The van der Waals surface area contributed by atoms with E-state index in [-0.39, 0.29) is 36.7 Å². The molecule has 2 heterocycles. The van der Waals surface area contributed by atoms with Gasteiger partial charge in [-0.3, -0.25) is 4.90 Å². The van der Waals surface area contributed by atoms with Crippen LogP contribution in [0.15, 0.2) is 54.6 Å². The lowest BCUT2D eigenvalue weighted by molar-refractivity contribution is 0.0889. The molecule has 6 heteroatoms. The van der Waals surface area contributed by atoms with Crippen LogP contribution in [0, 0.1) is 5.82 Å². The molecule has 26 heavy (non-hydrogen) atoms. The first-order chi connectivity index (χ1) is 12.7. The highest BCUT2D eigenvalue weighted by Gasteiger charge is 2.48. The normalized spacial score (nSPS) is 24.3. The maximum atomic E-state index is 13.1. The summed E-state index contributed by atoms with van der Waals surface area (Å²) in [5, 5.41) is 3.41. The smallest absolute Gasteiger partial charge is 0.410 e. The van der Waals surface area contributed by atoms with Crippen LogP contribution in [0.5, 0.6) is 5.75 Å². The summed E-state index contributed by atoms with van der Waals surface area (Å²) in [5.41, 5.74) is 0.959. The van der Waals surface area contributed by atoms with E-state index in [9.17, 15) is 9.18 Å². The molecule has 1 amide bonds. The SMILES string of the molecule is O=C(OCc1ccccc1)N1C[C@H](Oc2ccc(F)cc2)[C@H]2NCC[C@H]21. The summed E-state index contributed by atoms with van der Waals surface area (Å²) in [6.45, 7) is 1.54. The molecule has 2 aliphatic rings. The number of rotatable bonds is 4. The first-order valence-electron chi connectivity index (χ1n) is 8.83. The molecule has 4 rings (SSSR count). The average Bonchev–Trinajstić information content (AvgIpc) is 3.26. The zero-order valence-electron chi connectivity index (χ0n) is 14.3. The van der Waals surface area contributed by atoms with Crippen molar-refractivity contribution in [1.29, 1.82) is 0 Å². The Labute approximate surface area is 151 Å². The molecule has 2 aromatic carbocycles. The minimum absolute atomic E-state index is 0.0590.